The maximum absolute atomic E-state index is 13.6. The second-order valence-corrected chi connectivity index (χ2v) is 6.00. The van der Waals surface area contributed by atoms with E-state index in [1.165, 1.54) is 12.1 Å². The van der Waals surface area contributed by atoms with E-state index in [1.807, 2.05) is 11.0 Å². The predicted octanol–water partition coefficient (Wildman–Crippen LogP) is 1.43. The normalized spacial score (nSPS) is 25.0. The average molecular weight is 292 g/mol. The number of hydrogen-bond donors (Lipinski definition) is 1. The van der Waals surface area contributed by atoms with Crippen molar-refractivity contribution in [2.24, 2.45) is 5.73 Å². The summed E-state index contributed by atoms with van der Waals surface area (Å²) in [5.41, 5.74) is 6.02. The lowest BCUT2D eigenvalue weighted by Gasteiger charge is -2.39. The summed E-state index contributed by atoms with van der Waals surface area (Å²) >= 11 is 0. The number of ether oxygens (including phenoxy) is 1. The average Bonchev–Trinajstić information content (AvgIpc) is 2.94. The molecule has 3 rings (SSSR count). The van der Waals surface area contributed by atoms with Crippen LogP contribution in [0.2, 0.25) is 0 Å². The van der Waals surface area contributed by atoms with E-state index in [2.05, 4.69) is 0 Å². The summed E-state index contributed by atoms with van der Waals surface area (Å²) in [5.74, 6) is -0.228. The number of hydrogen-bond acceptors (Lipinski definition) is 3. The van der Waals surface area contributed by atoms with Crippen molar-refractivity contribution in [2.45, 2.75) is 30.7 Å². The summed E-state index contributed by atoms with van der Waals surface area (Å²) in [4.78, 5) is 14.9. The van der Waals surface area contributed by atoms with Gasteiger partial charge in [0.1, 0.15) is 5.82 Å². The Kier molecular flexibility index (Phi) is 3.95. The molecule has 2 aliphatic rings. The minimum atomic E-state index is -0.662. The molecule has 0 saturated carbocycles. The molecule has 0 unspecified atom stereocenters. The van der Waals surface area contributed by atoms with Crippen LogP contribution in [0, 0.1) is 5.82 Å². The van der Waals surface area contributed by atoms with Crippen LogP contribution in [0.4, 0.5) is 4.39 Å². The van der Waals surface area contributed by atoms with Crippen molar-refractivity contribution in [3.63, 3.8) is 0 Å². The molecule has 2 aliphatic heterocycles. The van der Waals surface area contributed by atoms with Crippen LogP contribution < -0.4 is 5.73 Å². The molecule has 4 nitrogen and oxygen atoms in total. The second-order valence-electron chi connectivity index (χ2n) is 6.00. The molecular formula is C16H21FN2O2. The highest BCUT2D eigenvalue weighted by molar-refractivity contribution is 5.88. The highest BCUT2D eigenvalue weighted by Crippen LogP contribution is 2.37. The van der Waals surface area contributed by atoms with E-state index in [-0.39, 0.29) is 17.8 Å². The van der Waals surface area contributed by atoms with Gasteiger partial charge in [-0.3, -0.25) is 4.79 Å². The molecule has 2 N–H and O–H groups in total. The highest BCUT2D eigenvalue weighted by Gasteiger charge is 2.45. The lowest BCUT2D eigenvalue weighted by molar-refractivity contribution is -0.140. The first-order valence-electron chi connectivity index (χ1n) is 7.50. The zero-order valence-corrected chi connectivity index (χ0v) is 12.1. The van der Waals surface area contributed by atoms with Gasteiger partial charge in [-0.15, -0.1) is 0 Å². The Balaban J connectivity index is 1.95. The van der Waals surface area contributed by atoms with Gasteiger partial charge in [0.15, 0.2) is 0 Å². The number of rotatable bonds is 2. The molecule has 1 atom stereocenters. The first-order chi connectivity index (χ1) is 10.1. The molecule has 0 spiro atoms. The SMILES string of the molecule is N[C@H]1CCN(C(=O)C2(c3cccc(F)c3)CCOCC2)C1. The number of benzene rings is 1. The molecule has 2 saturated heterocycles. The molecule has 5 heteroatoms. The van der Waals surface area contributed by atoms with Gasteiger partial charge >= 0.3 is 0 Å². The lowest BCUT2D eigenvalue weighted by atomic mass is 9.73. The standard InChI is InChI=1S/C16H21FN2O2/c17-13-3-1-2-12(10-13)16(5-8-21-9-6-16)15(20)19-7-4-14(18)11-19/h1-3,10,14H,4-9,11,18H2/t14-/m0/s1. The molecular weight excluding hydrogens is 271 g/mol. The number of likely N-dealkylation sites (tertiary alicyclic amines) is 1. The van der Waals surface area contributed by atoms with Crippen LogP contribution in [-0.2, 0) is 14.9 Å². The molecule has 2 fully saturated rings. The van der Waals surface area contributed by atoms with Crippen molar-refractivity contribution in [1.29, 1.82) is 0 Å². The van der Waals surface area contributed by atoms with Crippen LogP contribution in [-0.4, -0.2) is 43.2 Å². The molecule has 1 amide bonds. The fraction of sp³-hybridized carbons (Fsp3) is 0.562. The van der Waals surface area contributed by atoms with Crippen molar-refractivity contribution >= 4 is 5.91 Å². The Morgan fingerprint density at radius 1 is 1.38 bits per heavy atom. The summed E-state index contributed by atoms with van der Waals surface area (Å²) in [6.45, 7) is 2.35. The molecule has 114 valence electrons. The van der Waals surface area contributed by atoms with Crippen molar-refractivity contribution in [1.82, 2.24) is 4.90 Å². The Morgan fingerprint density at radius 2 is 2.14 bits per heavy atom. The van der Waals surface area contributed by atoms with Crippen molar-refractivity contribution in [2.75, 3.05) is 26.3 Å². The first-order valence-corrected chi connectivity index (χ1v) is 7.50. The van der Waals surface area contributed by atoms with Gasteiger partial charge in [-0.05, 0) is 37.0 Å². The summed E-state index contributed by atoms with van der Waals surface area (Å²) in [7, 11) is 0. The van der Waals surface area contributed by atoms with Gasteiger partial charge in [-0.2, -0.15) is 0 Å². The molecule has 0 bridgehead atoms. The Labute approximate surface area is 124 Å². The predicted molar refractivity (Wildman–Crippen MR) is 77.3 cm³/mol. The quantitative estimate of drug-likeness (QED) is 0.897. The van der Waals surface area contributed by atoms with Gasteiger partial charge in [0, 0.05) is 32.3 Å². The van der Waals surface area contributed by atoms with Gasteiger partial charge in [0.25, 0.3) is 0 Å². The van der Waals surface area contributed by atoms with Gasteiger partial charge in [-0.1, -0.05) is 12.1 Å². The molecule has 0 aliphatic carbocycles. The monoisotopic (exact) mass is 292 g/mol. The minimum Gasteiger partial charge on any atom is -0.381 e. The summed E-state index contributed by atoms with van der Waals surface area (Å²) in [6, 6.07) is 6.47. The van der Waals surface area contributed by atoms with Gasteiger partial charge < -0.3 is 15.4 Å². The van der Waals surface area contributed by atoms with Crippen LogP contribution >= 0.6 is 0 Å². The number of nitrogens with zero attached hydrogens (tertiary/aromatic N) is 1. The van der Waals surface area contributed by atoms with Crippen molar-refractivity contribution < 1.29 is 13.9 Å². The number of carbonyl (C=O) groups excluding carboxylic acids is 1. The van der Waals surface area contributed by atoms with Crippen molar-refractivity contribution in [3.05, 3.63) is 35.6 Å². The summed E-state index contributed by atoms with van der Waals surface area (Å²) < 4.78 is 19.0. The topological polar surface area (TPSA) is 55.6 Å². The molecule has 0 radical (unpaired) electrons. The number of carbonyl (C=O) groups is 1. The van der Waals surface area contributed by atoms with E-state index < -0.39 is 5.41 Å². The Hall–Kier alpha value is -1.46. The Morgan fingerprint density at radius 3 is 2.76 bits per heavy atom. The molecule has 1 aromatic carbocycles. The zero-order valence-electron chi connectivity index (χ0n) is 12.1. The van der Waals surface area contributed by atoms with E-state index >= 15 is 0 Å². The molecule has 2 heterocycles. The minimum absolute atomic E-state index is 0.0540. The Bertz CT molecular complexity index is 529. The molecule has 1 aromatic rings. The number of nitrogens with two attached hydrogens (primary N) is 1. The van der Waals surface area contributed by atoms with Gasteiger partial charge in [-0.25, -0.2) is 4.39 Å². The van der Waals surface area contributed by atoms with Crippen LogP contribution in [0.15, 0.2) is 24.3 Å². The summed E-state index contributed by atoms with van der Waals surface area (Å²) in [6.07, 6.45) is 2.03. The van der Waals surface area contributed by atoms with E-state index in [0.29, 0.717) is 39.1 Å². The fourth-order valence-electron chi connectivity index (χ4n) is 3.41. The van der Waals surface area contributed by atoms with Crippen LogP contribution in [0.3, 0.4) is 0 Å². The lowest BCUT2D eigenvalue weighted by Crippen LogP contribution is -2.49. The third-order valence-corrected chi connectivity index (χ3v) is 4.64. The number of halogens is 1. The third kappa shape index (κ3) is 2.68. The third-order valence-electron chi connectivity index (χ3n) is 4.64. The summed E-state index contributed by atoms with van der Waals surface area (Å²) in [5, 5.41) is 0. The van der Waals surface area contributed by atoms with E-state index in [4.69, 9.17) is 10.5 Å². The molecule has 21 heavy (non-hydrogen) atoms. The second kappa shape index (κ2) is 5.73. The maximum atomic E-state index is 13.6. The van der Waals surface area contributed by atoms with Gasteiger partial charge in [0.05, 0.1) is 5.41 Å². The maximum Gasteiger partial charge on any atom is 0.233 e. The smallest absolute Gasteiger partial charge is 0.233 e. The largest absolute Gasteiger partial charge is 0.381 e. The van der Waals surface area contributed by atoms with Crippen LogP contribution in [0.5, 0.6) is 0 Å². The fourth-order valence-corrected chi connectivity index (χ4v) is 3.41. The van der Waals surface area contributed by atoms with Crippen LogP contribution in [0.25, 0.3) is 0 Å². The van der Waals surface area contributed by atoms with Crippen LogP contribution in [0.1, 0.15) is 24.8 Å². The zero-order chi connectivity index (χ0) is 14.9. The van der Waals surface area contributed by atoms with Gasteiger partial charge in [0.2, 0.25) is 5.91 Å². The van der Waals surface area contributed by atoms with E-state index in [1.54, 1.807) is 6.07 Å². The van der Waals surface area contributed by atoms with E-state index in [9.17, 15) is 9.18 Å². The van der Waals surface area contributed by atoms with E-state index in [0.717, 1.165) is 12.0 Å². The first kappa shape index (κ1) is 14.5. The van der Waals surface area contributed by atoms with Crippen molar-refractivity contribution in [3.8, 4) is 0 Å². The number of amides is 1. The molecule has 0 aromatic heterocycles. The highest BCUT2D eigenvalue weighted by atomic mass is 19.1.